The number of methoxy groups -OCH3 is 1. The third-order valence-corrected chi connectivity index (χ3v) is 3.26. The fourth-order valence-electron chi connectivity index (χ4n) is 2.08. The highest BCUT2D eigenvalue weighted by atomic mass is 16.6. The van der Waals surface area contributed by atoms with Gasteiger partial charge in [0, 0.05) is 19.1 Å². The van der Waals surface area contributed by atoms with E-state index in [2.05, 4.69) is 29.7 Å². The van der Waals surface area contributed by atoms with Gasteiger partial charge in [-0.2, -0.15) is 5.48 Å². The van der Waals surface area contributed by atoms with Crippen molar-refractivity contribution in [2.45, 2.75) is 24.8 Å². The quantitative estimate of drug-likeness (QED) is 0.745. The summed E-state index contributed by atoms with van der Waals surface area (Å²) >= 11 is 0. The second-order valence-electron chi connectivity index (χ2n) is 4.44. The first-order valence-corrected chi connectivity index (χ1v) is 5.65. The first kappa shape index (κ1) is 11.6. The summed E-state index contributed by atoms with van der Waals surface area (Å²) in [5, 5.41) is 0. The van der Waals surface area contributed by atoms with Crippen molar-refractivity contribution in [3.63, 3.8) is 0 Å². The highest BCUT2D eigenvalue weighted by Crippen LogP contribution is 2.48. The summed E-state index contributed by atoms with van der Waals surface area (Å²) in [5.41, 5.74) is 5.78. The molecule has 3 nitrogen and oxygen atoms in total. The highest BCUT2D eigenvalue weighted by Gasteiger charge is 2.44. The van der Waals surface area contributed by atoms with Crippen LogP contribution in [-0.4, -0.2) is 20.8 Å². The fraction of sp³-hybridized carbons (Fsp3) is 0.538. The molecule has 2 rings (SSSR count). The van der Waals surface area contributed by atoms with Crippen molar-refractivity contribution in [1.29, 1.82) is 0 Å². The molecule has 0 atom stereocenters. The Morgan fingerprint density at radius 1 is 1.19 bits per heavy atom. The number of hydrogen-bond acceptors (Lipinski definition) is 3. The largest absolute Gasteiger partial charge is 0.384 e. The van der Waals surface area contributed by atoms with Crippen LogP contribution >= 0.6 is 0 Å². The van der Waals surface area contributed by atoms with Gasteiger partial charge in [0.05, 0.1) is 13.7 Å². The minimum absolute atomic E-state index is 0.308. The van der Waals surface area contributed by atoms with Gasteiger partial charge in [0.2, 0.25) is 0 Å². The van der Waals surface area contributed by atoms with E-state index >= 15 is 0 Å². The van der Waals surface area contributed by atoms with Gasteiger partial charge in [-0.3, -0.25) is 0 Å². The van der Waals surface area contributed by atoms with Crippen molar-refractivity contribution in [3.8, 4) is 0 Å². The molecule has 1 aliphatic rings. The molecule has 0 bridgehead atoms. The maximum Gasteiger partial charge on any atom is 0.0572 e. The maximum atomic E-state index is 5.29. The normalized spacial score (nSPS) is 17.4. The monoisotopic (exact) mass is 221 g/mol. The molecule has 0 heterocycles. The predicted octanol–water partition coefficient (Wildman–Crippen LogP) is 2.02. The van der Waals surface area contributed by atoms with E-state index in [4.69, 9.17) is 9.57 Å². The zero-order chi connectivity index (χ0) is 11.4. The van der Waals surface area contributed by atoms with E-state index in [0.717, 1.165) is 13.2 Å². The first-order valence-electron chi connectivity index (χ1n) is 5.65. The van der Waals surface area contributed by atoms with E-state index in [0.29, 0.717) is 5.41 Å². The summed E-state index contributed by atoms with van der Waals surface area (Å²) in [7, 11) is 3.41. The number of nitrogens with one attached hydrogen (secondary N) is 1. The van der Waals surface area contributed by atoms with E-state index in [1.807, 2.05) is 0 Å². The van der Waals surface area contributed by atoms with Gasteiger partial charge < -0.3 is 9.57 Å². The lowest BCUT2D eigenvalue weighted by Crippen LogP contribution is -2.14. The van der Waals surface area contributed by atoms with Crippen molar-refractivity contribution < 1.29 is 9.57 Å². The third kappa shape index (κ3) is 2.43. The summed E-state index contributed by atoms with van der Waals surface area (Å²) in [5.74, 6) is 0. The van der Waals surface area contributed by atoms with Gasteiger partial charge in [-0.15, -0.1) is 0 Å². The minimum atomic E-state index is 0.308. The molecule has 0 amide bonds. The van der Waals surface area contributed by atoms with Crippen molar-refractivity contribution in [3.05, 3.63) is 35.4 Å². The van der Waals surface area contributed by atoms with Gasteiger partial charge in [-0.25, -0.2) is 0 Å². The summed E-state index contributed by atoms with van der Waals surface area (Å²) in [6.45, 7) is 1.58. The number of ether oxygens (including phenoxy) is 1. The van der Waals surface area contributed by atoms with Crippen LogP contribution in [0.3, 0.4) is 0 Å². The van der Waals surface area contributed by atoms with E-state index in [-0.39, 0.29) is 0 Å². The standard InChI is InChI=1S/C13H19NO2/c1-15-10-13(7-8-13)12-5-3-11(4-6-12)9-14-16-2/h3-6,14H,7-10H2,1-2H3. The Kier molecular flexibility index (Phi) is 3.59. The lowest BCUT2D eigenvalue weighted by Gasteiger charge is -2.14. The molecule has 3 heteroatoms. The molecule has 0 aliphatic heterocycles. The molecule has 1 aromatic carbocycles. The number of benzene rings is 1. The lowest BCUT2D eigenvalue weighted by atomic mass is 9.96. The van der Waals surface area contributed by atoms with Crippen molar-refractivity contribution in [2.24, 2.45) is 0 Å². The van der Waals surface area contributed by atoms with Crippen LogP contribution in [0.25, 0.3) is 0 Å². The Bertz CT molecular complexity index is 330. The Hall–Kier alpha value is -0.900. The molecule has 88 valence electrons. The van der Waals surface area contributed by atoms with Crippen LogP contribution in [0, 0.1) is 0 Å². The Balaban J connectivity index is 2.02. The summed E-state index contributed by atoms with van der Waals surface area (Å²) in [4.78, 5) is 4.82. The molecule has 1 fully saturated rings. The molecular weight excluding hydrogens is 202 g/mol. The zero-order valence-electron chi connectivity index (χ0n) is 9.95. The Morgan fingerprint density at radius 2 is 1.88 bits per heavy atom. The van der Waals surface area contributed by atoms with Gasteiger partial charge in [-0.05, 0) is 24.0 Å². The first-order chi connectivity index (χ1) is 7.80. The molecule has 1 aromatic rings. The summed E-state index contributed by atoms with van der Waals surface area (Å²) in [6.07, 6.45) is 2.49. The number of rotatable bonds is 6. The molecular formula is C13H19NO2. The Labute approximate surface area is 96.7 Å². The summed E-state index contributed by atoms with van der Waals surface area (Å²) in [6, 6.07) is 8.71. The van der Waals surface area contributed by atoms with Crippen LogP contribution in [0.1, 0.15) is 24.0 Å². The summed E-state index contributed by atoms with van der Waals surface area (Å²) < 4.78 is 5.29. The third-order valence-electron chi connectivity index (χ3n) is 3.26. The molecule has 0 radical (unpaired) electrons. The number of hydroxylamine groups is 1. The predicted molar refractivity (Wildman–Crippen MR) is 63.1 cm³/mol. The topological polar surface area (TPSA) is 30.5 Å². The average molecular weight is 221 g/mol. The maximum absolute atomic E-state index is 5.29. The van der Waals surface area contributed by atoms with Gasteiger partial charge in [0.25, 0.3) is 0 Å². The molecule has 0 spiro atoms. The van der Waals surface area contributed by atoms with Crippen LogP contribution < -0.4 is 5.48 Å². The molecule has 1 aliphatic carbocycles. The smallest absolute Gasteiger partial charge is 0.0572 e. The minimum Gasteiger partial charge on any atom is -0.384 e. The Morgan fingerprint density at radius 3 is 2.38 bits per heavy atom. The van der Waals surface area contributed by atoms with Crippen LogP contribution in [0.4, 0.5) is 0 Å². The van der Waals surface area contributed by atoms with Crippen LogP contribution in [0.15, 0.2) is 24.3 Å². The molecule has 1 saturated carbocycles. The van der Waals surface area contributed by atoms with Gasteiger partial charge >= 0.3 is 0 Å². The zero-order valence-corrected chi connectivity index (χ0v) is 9.95. The molecule has 1 N–H and O–H groups in total. The number of hydrogen-bond donors (Lipinski definition) is 1. The van der Waals surface area contributed by atoms with Gasteiger partial charge in [0.15, 0.2) is 0 Å². The van der Waals surface area contributed by atoms with E-state index < -0.39 is 0 Å². The second kappa shape index (κ2) is 4.95. The lowest BCUT2D eigenvalue weighted by molar-refractivity contribution is 0.0867. The molecule has 0 unspecified atom stereocenters. The average Bonchev–Trinajstić information content (AvgIpc) is 3.09. The van der Waals surface area contributed by atoms with Crippen molar-refractivity contribution >= 4 is 0 Å². The van der Waals surface area contributed by atoms with Gasteiger partial charge in [-0.1, -0.05) is 24.3 Å². The molecule has 0 saturated heterocycles. The van der Waals surface area contributed by atoms with Crippen LogP contribution in [0.5, 0.6) is 0 Å². The van der Waals surface area contributed by atoms with Crippen LogP contribution in [0.2, 0.25) is 0 Å². The molecule has 0 aromatic heterocycles. The van der Waals surface area contributed by atoms with Gasteiger partial charge in [0.1, 0.15) is 0 Å². The van der Waals surface area contributed by atoms with E-state index in [1.54, 1.807) is 14.2 Å². The molecule has 16 heavy (non-hydrogen) atoms. The highest BCUT2D eigenvalue weighted by molar-refractivity contribution is 5.33. The van der Waals surface area contributed by atoms with Crippen molar-refractivity contribution in [2.75, 3.05) is 20.8 Å². The SMILES string of the molecule is COCC1(c2ccc(CNOC)cc2)CC1. The van der Waals surface area contributed by atoms with E-state index in [1.165, 1.54) is 24.0 Å². The second-order valence-corrected chi connectivity index (χ2v) is 4.44. The fourth-order valence-corrected chi connectivity index (χ4v) is 2.08. The van der Waals surface area contributed by atoms with E-state index in [9.17, 15) is 0 Å². The van der Waals surface area contributed by atoms with Crippen LogP contribution in [-0.2, 0) is 21.5 Å². The van der Waals surface area contributed by atoms with Crippen molar-refractivity contribution in [1.82, 2.24) is 5.48 Å².